The number of hydrogen-bond donors (Lipinski definition) is 1. The number of benzene rings is 1. The zero-order valence-corrected chi connectivity index (χ0v) is 11.1. The molecule has 1 aromatic rings. The summed E-state index contributed by atoms with van der Waals surface area (Å²) >= 11 is 5.36. The van der Waals surface area contributed by atoms with E-state index in [2.05, 4.69) is 55.3 Å². The summed E-state index contributed by atoms with van der Waals surface area (Å²) in [5.74, 6) is 0. The van der Waals surface area contributed by atoms with Gasteiger partial charge in [-0.25, -0.2) is 0 Å². The Morgan fingerprint density at radius 1 is 1.31 bits per heavy atom. The summed E-state index contributed by atoms with van der Waals surface area (Å²) in [4.78, 5) is 2.17. The van der Waals surface area contributed by atoms with E-state index in [4.69, 9.17) is 12.2 Å². The summed E-state index contributed by atoms with van der Waals surface area (Å²) in [7, 11) is 0. The van der Waals surface area contributed by atoms with E-state index in [1.165, 1.54) is 5.56 Å². The van der Waals surface area contributed by atoms with Crippen molar-refractivity contribution in [2.75, 3.05) is 6.54 Å². The molecule has 0 heterocycles. The van der Waals surface area contributed by atoms with Gasteiger partial charge in [0, 0.05) is 19.1 Å². The Hall–Kier alpha value is -1.09. The fourth-order valence-electron chi connectivity index (χ4n) is 1.47. The highest BCUT2D eigenvalue weighted by atomic mass is 32.1. The van der Waals surface area contributed by atoms with Gasteiger partial charge in [-0.3, -0.25) is 0 Å². The lowest BCUT2D eigenvalue weighted by Crippen LogP contribution is -2.42. The molecule has 0 amide bonds. The predicted molar refractivity (Wildman–Crippen MR) is 73.4 cm³/mol. The molecule has 3 heteroatoms. The van der Waals surface area contributed by atoms with Crippen molar-refractivity contribution in [3.63, 3.8) is 0 Å². The molecule has 1 aromatic carbocycles. The topological polar surface area (TPSA) is 15.3 Å². The number of rotatable bonds is 4. The van der Waals surface area contributed by atoms with E-state index < -0.39 is 0 Å². The van der Waals surface area contributed by atoms with E-state index in [0.29, 0.717) is 6.04 Å². The lowest BCUT2D eigenvalue weighted by atomic mass is 10.2. The van der Waals surface area contributed by atoms with Gasteiger partial charge in [-0.05, 0) is 38.6 Å². The largest absolute Gasteiger partial charge is 0.360 e. The van der Waals surface area contributed by atoms with Crippen LogP contribution < -0.4 is 5.32 Å². The van der Waals surface area contributed by atoms with Gasteiger partial charge >= 0.3 is 0 Å². The van der Waals surface area contributed by atoms with Crippen molar-refractivity contribution < 1.29 is 0 Å². The molecule has 0 aliphatic carbocycles. The van der Waals surface area contributed by atoms with Gasteiger partial charge in [0.1, 0.15) is 0 Å². The monoisotopic (exact) mass is 236 g/mol. The lowest BCUT2D eigenvalue weighted by molar-refractivity contribution is 0.422. The zero-order valence-electron chi connectivity index (χ0n) is 10.2. The molecule has 88 valence electrons. The summed E-state index contributed by atoms with van der Waals surface area (Å²) in [5.41, 5.74) is 1.29. The summed E-state index contributed by atoms with van der Waals surface area (Å²) in [5, 5.41) is 4.11. The standard InChI is InChI=1S/C13H20N2S/c1-4-15(13(16)14-11(2)3)10-12-8-6-5-7-9-12/h5-9,11H,4,10H2,1-3H3,(H,14,16). The first-order valence-electron chi connectivity index (χ1n) is 5.72. The Balaban J connectivity index is 2.58. The maximum atomic E-state index is 5.36. The minimum Gasteiger partial charge on any atom is -0.360 e. The van der Waals surface area contributed by atoms with Gasteiger partial charge in [0.2, 0.25) is 0 Å². The van der Waals surface area contributed by atoms with Crippen LogP contribution in [0.15, 0.2) is 30.3 Å². The number of nitrogens with one attached hydrogen (secondary N) is 1. The molecule has 0 aromatic heterocycles. The maximum absolute atomic E-state index is 5.36. The molecule has 0 saturated heterocycles. The molecule has 0 atom stereocenters. The lowest BCUT2D eigenvalue weighted by Gasteiger charge is -2.25. The summed E-state index contributed by atoms with van der Waals surface area (Å²) in [6.07, 6.45) is 0. The van der Waals surface area contributed by atoms with Gasteiger partial charge in [0.15, 0.2) is 5.11 Å². The molecular formula is C13H20N2S. The minimum absolute atomic E-state index is 0.386. The van der Waals surface area contributed by atoms with E-state index in [1.807, 2.05) is 6.07 Å². The molecule has 1 N–H and O–H groups in total. The van der Waals surface area contributed by atoms with Crippen LogP contribution in [0.2, 0.25) is 0 Å². The number of hydrogen-bond acceptors (Lipinski definition) is 1. The molecule has 0 unspecified atom stereocenters. The van der Waals surface area contributed by atoms with Crippen LogP contribution in [0.1, 0.15) is 26.3 Å². The number of thiocarbonyl (C=S) groups is 1. The van der Waals surface area contributed by atoms with Crippen LogP contribution in [-0.2, 0) is 6.54 Å². The predicted octanol–water partition coefficient (Wildman–Crippen LogP) is 2.79. The van der Waals surface area contributed by atoms with Crippen LogP contribution in [0.3, 0.4) is 0 Å². The Morgan fingerprint density at radius 2 is 1.94 bits per heavy atom. The molecule has 0 radical (unpaired) electrons. The van der Waals surface area contributed by atoms with Gasteiger partial charge in [-0.2, -0.15) is 0 Å². The molecule has 0 saturated carbocycles. The third-order valence-electron chi connectivity index (χ3n) is 2.30. The van der Waals surface area contributed by atoms with E-state index in [0.717, 1.165) is 18.2 Å². The highest BCUT2D eigenvalue weighted by Gasteiger charge is 2.08. The van der Waals surface area contributed by atoms with Gasteiger partial charge < -0.3 is 10.2 Å². The molecule has 0 fully saturated rings. The average molecular weight is 236 g/mol. The summed E-state index contributed by atoms with van der Waals surface area (Å²) in [6.45, 7) is 8.12. The quantitative estimate of drug-likeness (QED) is 0.809. The van der Waals surface area contributed by atoms with E-state index in [-0.39, 0.29) is 0 Å². The van der Waals surface area contributed by atoms with Crippen LogP contribution in [0.25, 0.3) is 0 Å². The maximum Gasteiger partial charge on any atom is 0.169 e. The SMILES string of the molecule is CCN(Cc1ccccc1)C(=S)NC(C)C. The Labute approximate surface area is 104 Å². The summed E-state index contributed by atoms with van der Waals surface area (Å²) in [6, 6.07) is 10.8. The van der Waals surface area contributed by atoms with Crippen molar-refractivity contribution in [1.82, 2.24) is 10.2 Å². The second kappa shape index (κ2) is 6.48. The van der Waals surface area contributed by atoms with Crippen LogP contribution >= 0.6 is 12.2 Å². The van der Waals surface area contributed by atoms with Gasteiger partial charge in [-0.15, -0.1) is 0 Å². The number of nitrogens with zero attached hydrogens (tertiary/aromatic N) is 1. The molecule has 0 aliphatic rings. The second-order valence-corrected chi connectivity index (χ2v) is 4.49. The first-order valence-corrected chi connectivity index (χ1v) is 6.13. The molecule has 1 rings (SSSR count). The van der Waals surface area contributed by atoms with Crippen LogP contribution in [0.5, 0.6) is 0 Å². The van der Waals surface area contributed by atoms with Crippen LogP contribution in [0.4, 0.5) is 0 Å². The van der Waals surface area contributed by atoms with E-state index in [1.54, 1.807) is 0 Å². The van der Waals surface area contributed by atoms with Gasteiger partial charge in [-0.1, -0.05) is 30.3 Å². The first kappa shape index (κ1) is 13.0. The van der Waals surface area contributed by atoms with E-state index >= 15 is 0 Å². The van der Waals surface area contributed by atoms with Crippen LogP contribution in [-0.4, -0.2) is 22.6 Å². The van der Waals surface area contributed by atoms with Gasteiger partial charge in [0.05, 0.1) is 0 Å². The minimum atomic E-state index is 0.386. The zero-order chi connectivity index (χ0) is 12.0. The highest BCUT2D eigenvalue weighted by Crippen LogP contribution is 2.04. The Bertz CT molecular complexity index is 322. The normalized spacial score (nSPS) is 10.2. The third kappa shape index (κ3) is 4.19. The molecular weight excluding hydrogens is 216 g/mol. The first-order chi connectivity index (χ1) is 7.63. The second-order valence-electron chi connectivity index (χ2n) is 4.10. The molecule has 0 spiro atoms. The molecule has 0 aliphatic heterocycles. The molecule has 2 nitrogen and oxygen atoms in total. The highest BCUT2D eigenvalue weighted by molar-refractivity contribution is 7.80. The molecule has 16 heavy (non-hydrogen) atoms. The van der Waals surface area contributed by atoms with Gasteiger partial charge in [0.25, 0.3) is 0 Å². The Kier molecular flexibility index (Phi) is 5.26. The Morgan fingerprint density at radius 3 is 2.44 bits per heavy atom. The van der Waals surface area contributed by atoms with E-state index in [9.17, 15) is 0 Å². The molecule has 0 bridgehead atoms. The van der Waals surface area contributed by atoms with Crippen molar-refractivity contribution in [3.8, 4) is 0 Å². The van der Waals surface area contributed by atoms with Crippen molar-refractivity contribution in [1.29, 1.82) is 0 Å². The smallest absolute Gasteiger partial charge is 0.169 e. The van der Waals surface area contributed by atoms with Crippen molar-refractivity contribution in [2.45, 2.75) is 33.4 Å². The van der Waals surface area contributed by atoms with Crippen molar-refractivity contribution in [3.05, 3.63) is 35.9 Å². The van der Waals surface area contributed by atoms with Crippen molar-refractivity contribution >= 4 is 17.3 Å². The average Bonchev–Trinajstić information content (AvgIpc) is 2.26. The summed E-state index contributed by atoms with van der Waals surface area (Å²) < 4.78 is 0. The van der Waals surface area contributed by atoms with Crippen LogP contribution in [0, 0.1) is 0 Å². The fraction of sp³-hybridized carbons (Fsp3) is 0.462. The fourth-order valence-corrected chi connectivity index (χ4v) is 1.90. The third-order valence-corrected chi connectivity index (χ3v) is 2.67. The van der Waals surface area contributed by atoms with Crippen molar-refractivity contribution in [2.24, 2.45) is 0 Å².